The van der Waals surface area contributed by atoms with Gasteiger partial charge in [0.2, 0.25) is 17.5 Å². The van der Waals surface area contributed by atoms with Crippen molar-refractivity contribution < 1.29 is 18.7 Å². The van der Waals surface area contributed by atoms with Gasteiger partial charge in [-0.3, -0.25) is 9.59 Å². The second kappa shape index (κ2) is 9.13. The summed E-state index contributed by atoms with van der Waals surface area (Å²) in [4.78, 5) is 28.9. The summed E-state index contributed by atoms with van der Waals surface area (Å²) in [6.45, 7) is 3.72. The molecule has 2 aliphatic rings. The lowest BCUT2D eigenvalue weighted by atomic mass is 9.98. The van der Waals surface area contributed by atoms with Gasteiger partial charge in [0.15, 0.2) is 11.5 Å². The molecule has 0 saturated heterocycles. The van der Waals surface area contributed by atoms with E-state index in [1.807, 2.05) is 54.6 Å². The number of hydrogen-bond acceptors (Lipinski definition) is 5. The molecule has 2 unspecified atom stereocenters. The van der Waals surface area contributed by atoms with Gasteiger partial charge in [-0.2, -0.15) is 0 Å². The number of alkyl halides is 1. The molecule has 1 amide bonds. The monoisotopic (exact) mass is 450 g/mol. The van der Waals surface area contributed by atoms with Crippen molar-refractivity contribution in [2.75, 3.05) is 18.6 Å². The van der Waals surface area contributed by atoms with Gasteiger partial charge in [-0.1, -0.05) is 49.4 Å². The Labute approximate surface area is 192 Å². The van der Waals surface area contributed by atoms with Crippen LogP contribution in [0, 0.1) is 0 Å². The number of amides is 1. The molecule has 2 aromatic carbocycles. The summed E-state index contributed by atoms with van der Waals surface area (Å²) < 4.78 is 21.7. The van der Waals surface area contributed by atoms with E-state index >= 15 is 0 Å². The zero-order chi connectivity index (χ0) is 23.6. The van der Waals surface area contributed by atoms with Gasteiger partial charge >= 0.3 is 0 Å². The molecule has 0 aliphatic carbocycles. The largest absolute Gasteiger partial charge is 0.491 e. The lowest BCUT2D eigenvalue weighted by Crippen LogP contribution is -2.24. The van der Waals surface area contributed by atoms with E-state index in [2.05, 4.69) is 10.1 Å². The third-order valence-corrected chi connectivity index (χ3v) is 5.90. The number of fused-ring (bicyclic) bond motifs is 2. The van der Waals surface area contributed by atoms with Gasteiger partial charge in [-0.25, -0.2) is 14.1 Å². The number of ether oxygens (including phenoxy) is 1. The topological polar surface area (TPSA) is 77.3 Å². The van der Waals surface area contributed by atoms with Crippen molar-refractivity contribution in [3.05, 3.63) is 71.8 Å². The van der Waals surface area contributed by atoms with Crippen LogP contribution in [-0.2, 0) is 10.5 Å². The molecule has 0 radical (unpaired) electrons. The van der Waals surface area contributed by atoms with E-state index in [0.717, 1.165) is 17.0 Å². The molecule has 0 saturated carbocycles. The van der Waals surface area contributed by atoms with Crippen molar-refractivity contribution in [2.24, 2.45) is 0 Å². The summed E-state index contributed by atoms with van der Waals surface area (Å²) in [5.74, 6) is 1.10. The highest BCUT2D eigenvalue weighted by molar-refractivity contribution is 5.95. The predicted octanol–water partition coefficient (Wildman–Crippen LogP) is 4.48. The van der Waals surface area contributed by atoms with Crippen molar-refractivity contribution in [3.63, 3.8) is 0 Å². The van der Waals surface area contributed by atoms with Crippen molar-refractivity contribution in [3.8, 4) is 5.75 Å². The van der Waals surface area contributed by atoms with Crippen LogP contribution in [0.2, 0.25) is 0 Å². The van der Waals surface area contributed by atoms with Crippen LogP contribution in [0.4, 0.5) is 10.1 Å². The van der Waals surface area contributed by atoms with E-state index in [9.17, 15) is 14.0 Å². The lowest BCUT2D eigenvalue weighted by molar-refractivity contribution is -0.118. The van der Waals surface area contributed by atoms with Gasteiger partial charge in [0.05, 0.1) is 24.8 Å². The number of hydrogen-bond donors (Lipinski definition) is 0. The summed E-state index contributed by atoms with van der Waals surface area (Å²) >= 11 is 0. The van der Waals surface area contributed by atoms with Crippen LogP contribution in [0.1, 0.15) is 61.2 Å². The molecule has 33 heavy (non-hydrogen) atoms. The number of carbonyl (C=O) groups excluding carboxylic acids is 2. The molecule has 3 heterocycles. The molecule has 5 rings (SSSR count). The van der Waals surface area contributed by atoms with Crippen LogP contribution in [0.5, 0.6) is 5.75 Å². The maximum Gasteiger partial charge on any atom is 0.230 e. The van der Waals surface area contributed by atoms with E-state index in [1.54, 1.807) is 23.6 Å². The minimum absolute atomic E-state index is 0.102. The number of nitrogens with zero attached hydrogens (tertiary/aromatic N) is 4. The maximum absolute atomic E-state index is 14.7. The fourth-order valence-electron chi connectivity index (χ4n) is 4.05. The third-order valence-electron chi connectivity index (χ3n) is 5.90. The van der Waals surface area contributed by atoms with Crippen molar-refractivity contribution >= 4 is 17.4 Å². The van der Waals surface area contributed by atoms with Crippen molar-refractivity contribution in [2.45, 2.75) is 44.8 Å². The normalized spacial score (nSPS) is 21.3. The zero-order valence-electron chi connectivity index (χ0n) is 19.0. The fourth-order valence-corrected chi connectivity index (χ4v) is 4.05. The maximum atomic E-state index is 14.7. The van der Waals surface area contributed by atoms with Crippen LogP contribution < -0.4 is 9.64 Å². The number of para-hydroxylation sites is 2. The molecular formula is C25H27FN4O3. The van der Waals surface area contributed by atoms with Crippen LogP contribution >= 0.6 is 0 Å². The first kappa shape index (κ1) is 22.6. The highest BCUT2D eigenvalue weighted by Gasteiger charge is 2.45. The minimum Gasteiger partial charge on any atom is -0.491 e. The van der Waals surface area contributed by atoms with E-state index < -0.39 is 5.67 Å². The zero-order valence-corrected chi connectivity index (χ0v) is 19.0. The number of ketones is 1. The number of benzene rings is 2. The molecule has 0 fully saturated rings. The van der Waals surface area contributed by atoms with E-state index in [1.165, 1.54) is 6.92 Å². The average molecular weight is 451 g/mol. The van der Waals surface area contributed by atoms with Gasteiger partial charge in [0.25, 0.3) is 0 Å². The molecule has 0 spiro atoms. The highest BCUT2D eigenvalue weighted by Crippen LogP contribution is 2.43. The first-order chi connectivity index (χ1) is 15.8. The van der Waals surface area contributed by atoms with Crippen LogP contribution in [0.15, 0.2) is 54.6 Å². The van der Waals surface area contributed by atoms with E-state index in [0.29, 0.717) is 25.9 Å². The summed E-state index contributed by atoms with van der Waals surface area (Å²) in [5.41, 5.74) is 0.278. The quantitative estimate of drug-likeness (QED) is 0.550. The molecule has 0 bridgehead atoms. The Morgan fingerprint density at radius 1 is 1.18 bits per heavy atom. The number of rotatable bonds is 3. The Kier molecular flexibility index (Phi) is 6.26. The fraction of sp³-hybridized carbons (Fsp3) is 0.360. The van der Waals surface area contributed by atoms with Gasteiger partial charge in [-0.15, -0.1) is 5.10 Å². The number of aromatic nitrogens is 3. The second-order valence-corrected chi connectivity index (χ2v) is 8.33. The molecule has 172 valence electrons. The molecule has 2 atom stereocenters. The summed E-state index contributed by atoms with van der Waals surface area (Å²) in [6.07, 6.45) is 1.07. The average Bonchev–Trinajstić information content (AvgIpc) is 3.34. The predicted molar refractivity (Wildman–Crippen MR) is 122 cm³/mol. The number of carbonyl (C=O) groups is 2. The molecule has 8 heteroatoms. The number of Topliss-reactive ketones (excluding diaryl/α,β-unsaturated/α-hetero) is 1. The Bertz CT molecular complexity index is 1160. The van der Waals surface area contributed by atoms with Crippen molar-refractivity contribution in [1.29, 1.82) is 0 Å². The van der Waals surface area contributed by atoms with Crippen molar-refractivity contribution in [1.82, 2.24) is 14.8 Å². The van der Waals surface area contributed by atoms with Gasteiger partial charge in [0, 0.05) is 19.9 Å². The number of halogens is 1. The SMILES string of the molecule is CCC(=O)c1nc2n(n1)C(c1ccccc1)CC2(C)F.CN1C(=O)CCOc2ccccc21. The Morgan fingerprint density at radius 2 is 1.88 bits per heavy atom. The first-order valence-electron chi connectivity index (χ1n) is 11.0. The van der Waals surface area contributed by atoms with Gasteiger partial charge in [0.1, 0.15) is 5.75 Å². The Hall–Kier alpha value is -3.55. The van der Waals surface area contributed by atoms with Crippen LogP contribution in [0.3, 0.4) is 0 Å². The molecule has 7 nitrogen and oxygen atoms in total. The van der Waals surface area contributed by atoms with Gasteiger partial charge in [-0.05, 0) is 24.6 Å². The molecule has 0 N–H and O–H groups in total. The van der Waals surface area contributed by atoms with E-state index in [-0.39, 0.29) is 29.4 Å². The third kappa shape index (κ3) is 4.51. The smallest absolute Gasteiger partial charge is 0.230 e. The Morgan fingerprint density at radius 3 is 2.61 bits per heavy atom. The molecule has 2 aliphatic heterocycles. The van der Waals surface area contributed by atoms with Gasteiger partial charge < -0.3 is 9.64 Å². The highest BCUT2D eigenvalue weighted by atomic mass is 19.1. The molecule has 3 aromatic rings. The van der Waals surface area contributed by atoms with E-state index in [4.69, 9.17) is 4.74 Å². The number of anilines is 1. The summed E-state index contributed by atoms with van der Waals surface area (Å²) in [6, 6.07) is 17.0. The summed E-state index contributed by atoms with van der Waals surface area (Å²) in [7, 11) is 1.77. The van der Waals surface area contributed by atoms with Crippen LogP contribution in [0.25, 0.3) is 0 Å². The van der Waals surface area contributed by atoms with Crippen LogP contribution in [-0.4, -0.2) is 40.1 Å². The summed E-state index contributed by atoms with van der Waals surface area (Å²) in [5, 5.41) is 4.23. The minimum atomic E-state index is -1.56. The Balaban J connectivity index is 0.000000172. The lowest BCUT2D eigenvalue weighted by Gasteiger charge is -2.15. The first-order valence-corrected chi connectivity index (χ1v) is 11.0. The molecular weight excluding hydrogens is 423 g/mol. The molecule has 1 aromatic heterocycles. The standard InChI is InChI=1S/C15H16FN3O.C10H11NO2/c1-3-12(20)13-17-14-15(2,16)9-11(19(14)18-13)10-7-5-4-6-8-10;1-11-8-4-2-3-5-9(8)13-7-6-10(11)12/h4-8,11H,3,9H2,1-2H3;2-5H,6-7H2,1H3. The second-order valence-electron chi connectivity index (χ2n) is 8.33.